The zero-order valence-corrected chi connectivity index (χ0v) is 7.60. The summed E-state index contributed by atoms with van der Waals surface area (Å²) in [6.07, 6.45) is 0. The average Bonchev–Trinajstić information content (AvgIpc) is 1.97. The van der Waals surface area contributed by atoms with Crippen LogP contribution >= 0.6 is 24.4 Å². The summed E-state index contributed by atoms with van der Waals surface area (Å²) in [6, 6.07) is 0. The van der Waals surface area contributed by atoms with Crippen molar-refractivity contribution in [1.82, 2.24) is 10.6 Å². The van der Waals surface area contributed by atoms with Crippen LogP contribution in [-0.4, -0.2) is 30.5 Å². The summed E-state index contributed by atoms with van der Waals surface area (Å²) in [5.41, 5.74) is 0. The van der Waals surface area contributed by atoms with E-state index in [9.17, 15) is 4.79 Å². The maximum absolute atomic E-state index is 10.8. The molecule has 0 atom stereocenters. The van der Waals surface area contributed by atoms with Crippen LogP contribution in [0.25, 0.3) is 0 Å². The van der Waals surface area contributed by atoms with Crippen LogP contribution in [-0.2, 0) is 4.79 Å². The molecule has 0 unspecified atom stereocenters. The Labute approximate surface area is 70.7 Å². The summed E-state index contributed by atoms with van der Waals surface area (Å²) >= 11 is 5.44. The summed E-state index contributed by atoms with van der Waals surface area (Å²) in [5.74, 6) is 0.541. The molecule has 60 valence electrons. The fourth-order valence-electron chi connectivity index (χ4n) is 0.376. The molecule has 0 rings (SSSR count). The highest BCUT2D eigenvalue weighted by Crippen LogP contribution is 1.99. The molecule has 10 heavy (non-hydrogen) atoms. The minimum Gasteiger partial charge on any atom is -0.343 e. The summed E-state index contributed by atoms with van der Waals surface area (Å²) in [6.45, 7) is 0.534. The van der Waals surface area contributed by atoms with Crippen LogP contribution in [0.3, 0.4) is 0 Å². The third-order valence-electron chi connectivity index (χ3n) is 0.787. The molecule has 0 aromatic carbocycles. The minimum atomic E-state index is 0.0494. The number of nitrogens with one attached hydrogen (secondary N) is 2. The van der Waals surface area contributed by atoms with Gasteiger partial charge in [0.1, 0.15) is 0 Å². The van der Waals surface area contributed by atoms with Crippen molar-refractivity contribution >= 4 is 30.3 Å². The Balaban J connectivity index is 3.09. The second-order valence-electron chi connectivity index (χ2n) is 1.61. The van der Waals surface area contributed by atoms with Crippen LogP contribution < -0.4 is 10.6 Å². The highest BCUT2D eigenvalue weighted by molar-refractivity contribution is 8.09. The lowest BCUT2D eigenvalue weighted by Crippen LogP contribution is -2.32. The molecule has 0 radical (unpaired) electrons. The van der Waals surface area contributed by atoms with E-state index >= 15 is 0 Å². The van der Waals surface area contributed by atoms with Crippen molar-refractivity contribution in [3.05, 3.63) is 0 Å². The summed E-state index contributed by atoms with van der Waals surface area (Å²) in [7, 11) is 1.78. The molecule has 5 heteroatoms. The quantitative estimate of drug-likeness (QED) is 0.409. The van der Waals surface area contributed by atoms with Gasteiger partial charge in [-0.3, -0.25) is 4.79 Å². The molecule has 0 bridgehead atoms. The highest BCUT2D eigenvalue weighted by Gasteiger charge is 1.96. The Morgan fingerprint density at radius 1 is 1.70 bits per heavy atom. The van der Waals surface area contributed by atoms with Crippen LogP contribution in [0, 0.1) is 0 Å². The largest absolute Gasteiger partial charge is 0.343 e. The van der Waals surface area contributed by atoms with E-state index < -0.39 is 0 Å². The molecule has 2 N–H and O–H groups in total. The lowest BCUT2D eigenvalue weighted by molar-refractivity contribution is -0.118. The van der Waals surface area contributed by atoms with Crippen molar-refractivity contribution < 1.29 is 4.79 Å². The van der Waals surface area contributed by atoms with E-state index in [0.717, 1.165) is 0 Å². The van der Waals surface area contributed by atoms with Gasteiger partial charge in [-0.1, -0.05) is 0 Å². The first-order valence-corrected chi connectivity index (χ1v) is 4.70. The van der Waals surface area contributed by atoms with Gasteiger partial charge in [0.15, 0.2) is 0 Å². The molecule has 0 spiro atoms. The maximum Gasteiger partial charge on any atom is 0.231 e. The zero-order valence-electron chi connectivity index (χ0n) is 5.89. The van der Waals surface area contributed by atoms with Gasteiger partial charge in [-0.25, -0.2) is 0 Å². The van der Waals surface area contributed by atoms with Crippen molar-refractivity contribution in [3.8, 4) is 0 Å². The predicted octanol–water partition coefficient (Wildman–Crippen LogP) is -0.1000. The Bertz CT molecular complexity index is 89.6. The molecule has 0 aliphatic rings. The van der Waals surface area contributed by atoms with Crippen molar-refractivity contribution in [3.63, 3.8) is 0 Å². The molecular formula is C5H12N2OS2. The topological polar surface area (TPSA) is 41.1 Å². The van der Waals surface area contributed by atoms with E-state index in [1.54, 1.807) is 7.05 Å². The van der Waals surface area contributed by atoms with Gasteiger partial charge in [-0.2, -0.15) is 12.6 Å². The van der Waals surface area contributed by atoms with E-state index in [0.29, 0.717) is 17.5 Å². The van der Waals surface area contributed by atoms with E-state index in [-0.39, 0.29) is 5.91 Å². The van der Waals surface area contributed by atoms with Crippen LogP contribution in [0.5, 0.6) is 0 Å². The summed E-state index contributed by atoms with van der Waals surface area (Å²) in [5, 5.41) is 6.16. The minimum absolute atomic E-state index is 0.0494. The van der Waals surface area contributed by atoms with E-state index in [2.05, 4.69) is 23.3 Å². The highest BCUT2D eigenvalue weighted by atomic mass is 32.2. The first-order chi connectivity index (χ1) is 4.81. The Morgan fingerprint density at radius 3 is 2.90 bits per heavy atom. The third kappa shape index (κ3) is 6.25. The molecule has 0 fully saturated rings. The molecule has 3 nitrogen and oxygen atoms in total. The van der Waals surface area contributed by atoms with Crippen LogP contribution in [0.2, 0.25) is 0 Å². The van der Waals surface area contributed by atoms with Gasteiger partial charge in [0.05, 0.1) is 12.4 Å². The molecule has 0 saturated heterocycles. The van der Waals surface area contributed by atoms with Crippen LogP contribution in [0.15, 0.2) is 0 Å². The van der Waals surface area contributed by atoms with Gasteiger partial charge in [-0.05, 0) is 7.05 Å². The third-order valence-corrected chi connectivity index (χ3v) is 1.98. The smallest absolute Gasteiger partial charge is 0.231 e. The van der Waals surface area contributed by atoms with Crippen molar-refractivity contribution in [2.75, 3.05) is 24.6 Å². The van der Waals surface area contributed by atoms with Crippen molar-refractivity contribution in [2.24, 2.45) is 0 Å². The summed E-state index contributed by atoms with van der Waals surface area (Å²) < 4.78 is 0. The van der Waals surface area contributed by atoms with E-state index in [1.165, 1.54) is 11.8 Å². The molecule has 0 heterocycles. The van der Waals surface area contributed by atoms with E-state index in [4.69, 9.17) is 0 Å². The van der Waals surface area contributed by atoms with E-state index in [1.807, 2.05) is 0 Å². The molecule has 1 amide bonds. The number of rotatable bonds is 5. The fourth-order valence-corrected chi connectivity index (χ4v) is 1.03. The first-order valence-electron chi connectivity index (χ1n) is 2.91. The van der Waals surface area contributed by atoms with Gasteiger partial charge in [0, 0.05) is 5.08 Å². The lowest BCUT2D eigenvalue weighted by Gasteiger charge is -2.01. The molecule has 0 aromatic rings. The van der Waals surface area contributed by atoms with Gasteiger partial charge in [0.2, 0.25) is 5.91 Å². The Morgan fingerprint density at radius 2 is 2.40 bits per heavy atom. The van der Waals surface area contributed by atoms with Gasteiger partial charge < -0.3 is 10.6 Å². The SMILES string of the molecule is CNCNC(=O)CSCS. The lowest BCUT2D eigenvalue weighted by atomic mass is 10.7. The number of amides is 1. The second kappa shape index (κ2) is 7.24. The number of carbonyl (C=O) groups excluding carboxylic acids is 1. The average molecular weight is 180 g/mol. The van der Waals surface area contributed by atoms with Crippen molar-refractivity contribution in [1.29, 1.82) is 0 Å². The summed E-state index contributed by atoms with van der Waals surface area (Å²) in [4.78, 5) is 10.8. The Hall–Kier alpha value is 0.130. The van der Waals surface area contributed by atoms with Crippen molar-refractivity contribution in [2.45, 2.75) is 0 Å². The molecule has 0 aliphatic heterocycles. The van der Waals surface area contributed by atoms with Crippen LogP contribution in [0.4, 0.5) is 0 Å². The zero-order chi connectivity index (χ0) is 7.82. The fraction of sp³-hybridized carbons (Fsp3) is 0.800. The second-order valence-corrected chi connectivity index (χ2v) is 3.34. The van der Waals surface area contributed by atoms with Gasteiger partial charge >= 0.3 is 0 Å². The normalized spacial score (nSPS) is 9.40. The number of thiol groups is 1. The Kier molecular flexibility index (Phi) is 7.33. The maximum atomic E-state index is 10.8. The molecule has 0 saturated carbocycles. The number of hydrogen-bond acceptors (Lipinski definition) is 4. The molecule has 0 aliphatic carbocycles. The van der Waals surface area contributed by atoms with Gasteiger partial charge in [0.25, 0.3) is 0 Å². The number of hydrogen-bond donors (Lipinski definition) is 3. The van der Waals surface area contributed by atoms with Crippen LogP contribution in [0.1, 0.15) is 0 Å². The monoisotopic (exact) mass is 180 g/mol. The first kappa shape index (κ1) is 10.1. The standard InChI is InChI=1S/C5H12N2OS2/c1-6-3-7-5(8)2-10-4-9/h6,9H,2-4H2,1H3,(H,7,8). The van der Waals surface area contributed by atoms with Gasteiger partial charge in [-0.15, -0.1) is 11.8 Å². The molecule has 0 aromatic heterocycles. The number of carbonyl (C=O) groups is 1. The molecular weight excluding hydrogens is 168 g/mol. The predicted molar refractivity (Wildman–Crippen MR) is 48.4 cm³/mol. The number of thioether (sulfide) groups is 1.